The van der Waals surface area contributed by atoms with E-state index in [4.69, 9.17) is 9.47 Å². The number of benzene rings is 2. The number of hydrogen-bond acceptors (Lipinski definition) is 4. The van der Waals surface area contributed by atoms with Gasteiger partial charge in [0.2, 0.25) is 5.91 Å². The normalized spacial score (nSPS) is 10.1. The molecular weight excluding hydrogens is 313 g/mol. The van der Waals surface area contributed by atoms with Gasteiger partial charge in [-0.2, -0.15) is 0 Å². The summed E-state index contributed by atoms with van der Waals surface area (Å²) in [5.41, 5.74) is 1.49. The highest BCUT2D eigenvalue weighted by Gasteiger charge is 2.09. The largest absolute Gasteiger partial charge is 0.494 e. The highest BCUT2D eigenvalue weighted by Crippen LogP contribution is 2.18. The van der Waals surface area contributed by atoms with Crippen molar-refractivity contribution in [2.75, 3.05) is 19.0 Å². The van der Waals surface area contributed by atoms with Gasteiger partial charge in [0.1, 0.15) is 0 Å². The number of amides is 1. The molecule has 6 heteroatoms. The van der Waals surface area contributed by atoms with Gasteiger partial charge < -0.3 is 14.8 Å². The lowest BCUT2D eigenvalue weighted by Crippen LogP contribution is -2.14. The second kappa shape index (κ2) is 8.10. The van der Waals surface area contributed by atoms with Crippen LogP contribution in [0.4, 0.5) is 10.1 Å². The maximum atomic E-state index is 13.6. The third kappa shape index (κ3) is 4.55. The molecule has 0 aliphatic rings. The molecule has 0 spiro atoms. The Hall–Kier alpha value is -2.89. The minimum absolute atomic E-state index is 0.0283. The number of halogens is 1. The fourth-order valence-corrected chi connectivity index (χ4v) is 2.11. The molecule has 0 aromatic heterocycles. The van der Waals surface area contributed by atoms with E-state index in [0.717, 1.165) is 0 Å². The Balaban J connectivity index is 1.97. The van der Waals surface area contributed by atoms with E-state index >= 15 is 0 Å². The summed E-state index contributed by atoms with van der Waals surface area (Å²) in [6.07, 6.45) is 0.0283. The van der Waals surface area contributed by atoms with Gasteiger partial charge in [-0.3, -0.25) is 4.79 Å². The number of carbonyl (C=O) groups excluding carboxylic acids is 2. The maximum Gasteiger partial charge on any atom is 0.338 e. The zero-order valence-electron chi connectivity index (χ0n) is 13.5. The van der Waals surface area contributed by atoms with Crippen molar-refractivity contribution in [3.63, 3.8) is 0 Å². The Kier molecular flexibility index (Phi) is 5.89. The van der Waals surface area contributed by atoms with Crippen LogP contribution in [0, 0.1) is 5.82 Å². The highest BCUT2D eigenvalue weighted by molar-refractivity contribution is 5.94. The number of methoxy groups -OCH3 is 1. The second-order valence-corrected chi connectivity index (χ2v) is 4.99. The van der Waals surface area contributed by atoms with E-state index in [0.29, 0.717) is 23.4 Å². The van der Waals surface area contributed by atoms with E-state index in [2.05, 4.69) is 5.32 Å². The fraction of sp³-hybridized carbons (Fsp3) is 0.222. The van der Waals surface area contributed by atoms with Gasteiger partial charge in [0.05, 0.1) is 25.7 Å². The van der Waals surface area contributed by atoms with Gasteiger partial charge in [-0.25, -0.2) is 9.18 Å². The molecule has 1 amide bonds. The zero-order chi connectivity index (χ0) is 17.5. The molecule has 24 heavy (non-hydrogen) atoms. The predicted octanol–water partition coefficient (Wildman–Crippen LogP) is 3.19. The number of ether oxygens (including phenoxy) is 2. The van der Waals surface area contributed by atoms with Crippen LogP contribution in [0.2, 0.25) is 0 Å². The molecule has 0 unspecified atom stereocenters. The molecular formula is C18H18FNO4. The lowest BCUT2D eigenvalue weighted by Gasteiger charge is -2.08. The molecule has 2 aromatic carbocycles. The van der Waals surface area contributed by atoms with E-state index in [-0.39, 0.29) is 18.1 Å². The van der Waals surface area contributed by atoms with Gasteiger partial charge >= 0.3 is 5.97 Å². The Morgan fingerprint density at radius 2 is 1.83 bits per heavy atom. The topological polar surface area (TPSA) is 64.6 Å². The predicted molar refractivity (Wildman–Crippen MR) is 87.7 cm³/mol. The molecule has 0 aliphatic heterocycles. The molecule has 0 radical (unpaired) electrons. The Bertz CT molecular complexity index is 728. The van der Waals surface area contributed by atoms with Crippen LogP contribution < -0.4 is 10.1 Å². The minimum Gasteiger partial charge on any atom is -0.494 e. The smallest absolute Gasteiger partial charge is 0.338 e. The summed E-state index contributed by atoms with van der Waals surface area (Å²) in [5, 5.41) is 2.69. The average Bonchev–Trinajstić information content (AvgIpc) is 2.56. The van der Waals surface area contributed by atoms with Crippen LogP contribution in [0.3, 0.4) is 0 Å². The molecule has 0 atom stereocenters. The van der Waals surface area contributed by atoms with Crippen LogP contribution in [0.15, 0.2) is 42.5 Å². The Labute approximate surface area is 139 Å². The molecule has 5 nitrogen and oxygen atoms in total. The van der Waals surface area contributed by atoms with Crippen molar-refractivity contribution in [2.45, 2.75) is 13.3 Å². The summed E-state index contributed by atoms with van der Waals surface area (Å²) in [6.45, 7) is 2.03. The number of hydrogen-bond donors (Lipinski definition) is 1. The standard InChI is InChI=1S/C18H18FNO4/c1-3-24-18(22)13-5-7-14(8-6-13)20-17(21)11-12-4-9-16(23-2)15(19)10-12/h4-10H,3,11H2,1-2H3,(H,20,21). The van der Waals surface area contributed by atoms with Crippen LogP contribution in [0.25, 0.3) is 0 Å². The lowest BCUT2D eigenvalue weighted by atomic mass is 10.1. The Morgan fingerprint density at radius 3 is 2.42 bits per heavy atom. The van der Waals surface area contributed by atoms with Gasteiger partial charge in [-0.15, -0.1) is 0 Å². The first-order chi connectivity index (χ1) is 11.5. The van der Waals surface area contributed by atoms with Gasteiger partial charge in [-0.1, -0.05) is 6.07 Å². The van der Waals surface area contributed by atoms with Crippen LogP contribution in [0.5, 0.6) is 5.75 Å². The number of esters is 1. The monoisotopic (exact) mass is 331 g/mol. The van der Waals surface area contributed by atoms with Crippen molar-refractivity contribution in [1.82, 2.24) is 0 Å². The fourth-order valence-electron chi connectivity index (χ4n) is 2.11. The summed E-state index contributed by atoms with van der Waals surface area (Å²) in [4.78, 5) is 23.6. The van der Waals surface area contributed by atoms with E-state index in [1.54, 1.807) is 37.3 Å². The van der Waals surface area contributed by atoms with E-state index in [9.17, 15) is 14.0 Å². The zero-order valence-corrected chi connectivity index (χ0v) is 13.5. The SMILES string of the molecule is CCOC(=O)c1ccc(NC(=O)Cc2ccc(OC)c(F)c2)cc1. The molecule has 1 N–H and O–H groups in total. The van der Waals surface area contributed by atoms with Crippen molar-refractivity contribution < 1.29 is 23.5 Å². The summed E-state index contributed by atoms with van der Waals surface area (Å²) in [6, 6.07) is 10.7. The molecule has 0 saturated carbocycles. The maximum absolute atomic E-state index is 13.6. The molecule has 2 aromatic rings. The van der Waals surface area contributed by atoms with Gasteiger partial charge in [0.15, 0.2) is 11.6 Å². The van der Waals surface area contributed by atoms with E-state index in [1.807, 2.05) is 0 Å². The quantitative estimate of drug-likeness (QED) is 0.826. The lowest BCUT2D eigenvalue weighted by molar-refractivity contribution is -0.115. The van der Waals surface area contributed by atoms with E-state index in [1.165, 1.54) is 19.2 Å². The van der Waals surface area contributed by atoms with Crippen LogP contribution in [-0.2, 0) is 16.0 Å². The second-order valence-electron chi connectivity index (χ2n) is 4.99. The third-order valence-electron chi connectivity index (χ3n) is 3.26. The van der Waals surface area contributed by atoms with Crippen LogP contribution in [0.1, 0.15) is 22.8 Å². The van der Waals surface area contributed by atoms with Gasteiger partial charge in [0.25, 0.3) is 0 Å². The van der Waals surface area contributed by atoms with Crippen LogP contribution in [-0.4, -0.2) is 25.6 Å². The first-order valence-electron chi connectivity index (χ1n) is 7.43. The molecule has 2 rings (SSSR count). The van der Waals surface area contributed by atoms with Gasteiger partial charge in [-0.05, 0) is 48.9 Å². The average molecular weight is 331 g/mol. The van der Waals surface area contributed by atoms with Crippen molar-refractivity contribution in [3.05, 3.63) is 59.4 Å². The molecule has 0 bridgehead atoms. The van der Waals surface area contributed by atoms with Crippen molar-refractivity contribution in [1.29, 1.82) is 0 Å². The molecule has 0 fully saturated rings. The summed E-state index contributed by atoms with van der Waals surface area (Å²) in [5.74, 6) is -1.08. The summed E-state index contributed by atoms with van der Waals surface area (Å²) >= 11 is 0. The molecule has 0 saturated heterocycles. The Morgan fingerprint density at radius 1 is 1.12 bits per heavy atom. The first-order valence-corrected chi connectivity index (χ1v) is 7.43. The number of nitrogens with one attached hydrogen (secondary N) is 1. The molecule has 0 aliphatic carbocycles. The summed E-state index contributed by atoms with van der Waals surface area (Å²) < 4.78 is 23.3. The highest BCUT2D eigenvalue weighted by atomic mass is 19.1. The van der Waals surface area contributed by atoms with Crippen molar-refractivity contribution in [2.24, 2.45) is 0 Å². The van der Waals surface area contributed by atoms with Crippen molar-refractivity contribution >= 4 is 17.6 Å². The first kappa shape index (κ1) is 17.5. The number of carbonyl (C=O) groups is 2. The molecule has 126 valence electrons. The number of rotatable bonds is 6. The van der Waals surface area contributed by atoms with Gasteiger partial charge in [0, 0.05) is 5.69 Å². The number of anilines is 1. The summed E-state index contributed by atoms with van der Waals surface area (Å²) in [7, 11) is 1.38. The third-order valence-corrected chi connectivity index (χ3v) is 3.26. The van der Waals surface area contributed by atoms with Crippen LogP contribution >= 0.6 is 0 Å². The van der Waals surface area contributed by atoms with Crippen molar-refractivity contribution in [3.8, 4) is 5.75 Å². The molecule has 0 heterocycles. The van der Waals surface area contributed by atoms with E-state index < -0.39 is 11.8 Å². The minimum atomic E-state index is -0.512.